The molecule has 0 spiro atoms. The van der Waals surface area contributed by atoms with E-state index in [1.807, 2.05) is 24.3 Å². The minimum atomic E-state index is -0.139. The van der Waals surface area contributed by atoms with Gasteiger partial charge in [0.25, 0.3) is 5.91 Å². The quantitative estimate of drug-likeness (QED) is 0.516. The standard InChI is InChI=1S/C24H26N2O4S2/c27-21(25-24-10-15-5-16(11-24)7-17(6-15)12-24)3-4-26-22(28)20(32-23(26)31)9-14-1-2-18-19(8-14)30-13-29-18/h1-2,8-9,15-17H,3-7,10-13H2,(H,25,27). The summed E-state index contributed by atoms with van der Waals surface area (Å²) < 4.78 is 11.3. The van der Waals surface area contributed by atoms with Crippen molar-refractivity contribution in [1.29, 1.82) is 0 Å². The van der Waals surface area contributed by atoms with E-state index in [2.05, 4.69) is 5.32 Å². The molecule has 2 amide bonds. The second kappa shape index (κ2) is 7.76. The highest BCUT2D eigenvalue weighted by atomic mass is 32.2. The van der Waals surface area contributed by atoms with Gasteiger partial charge in [0.05, 0.1) is 4.91 Å². The summed E-state index contributed by atoms with van der Waals surface area (Å²) >= 11 is 6.73. The van der Waals surface area contributed by atoms with Gasteiger partial charge in [-0.05, 0) is 80.1 Å². The fourth-order valence-corrected chi connectivity index (χ4v) is 7.99. The van der Waals surface area contributed by atoms with Crippen molar-refractivity contribution in [2.45, 2.75) is 50.5 Å². The molecule has 7 rings (SSSR count). The monoisotopic (exact) mass is 470 g/mol. The zero-order valence-electron chi connectivity index (χ0n) is 17.8. The van der Waals surface area contributed by atoms with Crippen LogP contribution in [0.2, 0.25) is 0 Å². The summed E-state index contributed by atoms with van der Waals surface area (Å²) in [6, 6.07) is 5.58. The van der Waals surface area contributed by atoms with E-state index in [1.165, 1.54) is 31.0 Å². The Bertz CT molecular complexity index is 1000. The Labute approximate surface area is 197 Å². The summed E-state index contributed by atoms with van der Waals surface area (Å²) in [5, 5.41) is 3.39. The molecule has 2 heterocycles. The third kappa shape index (κ3) is 3.71. The van der Waals surface area contributed by atoms with E-state index in [0.29, 0.717) is 27.3 Å². The molecule has 0 aromatic heterocycles. The second-order valence-electron chi connectivity index (χ2n) is 9.94. The molecule has 6 nitrogen and oxygen atoms in total. The molecule has 8 heteroatoms. The van der Waals surface area contributed by atoms with Gasteiger partial charge in [0.15, 0.2) is 11.5 Å². The van der Waals surface area contributed by atoms with Crippen LogP contribution in [0, 0.1) is 17.8 Å². The summed E-state index contributed by atoms with van der Waals surface area (Å²) in [4.78, 5) is 27.9. The molecule has 4 bridgehead atoms. The van der Waals surface area contributed by atoms with Gasteiger partial charge in [-0.25, -0.2) is 0 Å². The summed E-state index contributed by atoms with van der Waals surface area (Å²) in [5.74, 6) is 3.65. The fraction of sp³-hybridized carbons (Fsp3) is 0.542. The first kappa shape index (κ1) is 20.5. The highest BCUT2D eigenvalue weighted by molar-refractivity contribution is 8.26. The highest BCUT2D eigenvalue weighted by Gasteiger charge is 2.51. The third-order valence-electron chi connectivity index (χ3n) is 7.57. The number of amides is 2. The van der Waals surface area contributed by atoms with Crippen LogP contribution < -0.4 is 14.8 Å². The number of nitrogens with one attached hydrogen (secondary N) is 1. The van der Waals surface area contributed by atoms with Gasteiger partial charge >= 0.3 is 0 Å². The predicted molar refractivity (Wildman–Crippen MR) is 126 cm³/mol. The summed E-state index contributed by atoms with van der Waals surface area (Å²) in [5.41, 5.74) is 0.856. The molecule has 6 aliphatic rings. The van der Waals surface area contributed by atoms with Gasteiger partial charge in [-0.2, -0.15) is 0 Å². The molecule has 1 saturated heterocycles. The van der Waals surface area contributed by atoms with Crippen LogP contribution in [0.3, 0.4) is 0 Å². The summed E-state index contributed by atoms with van der Waals surface area (Å²) in [6.07, 6.45) is 9.53. The lowest BCUT2D eigenvalue weighted by atomic mass is 9.53. The predicted octanol–water partition coefficient (Wildman–Crippen LogP) is 4.09. The van der Waals surface area contributed by atoms with Gasteiger partial charge in [0.1, 0.15) is 4.32 Å². The molecule has 168 valence electrons. The number of fused-ring (bicyclic) bond motifs is 1. The molecular formula is C24H26N2O4S2. The SMILES string of the molecule is O=C(CCN1C(=O)C(=Cc2ccc3c(c2)OCO3)SC1=S)NC12CC3CC(CC(C3)C1)C2. The molecule has 4 saturated carbocycles. The van der Waals surface area contributed by atoms with Crippen LogP contribution in [0.5, 0.6) is 11.5 Å². The normalized spacial score (nSPS) is 33.4. The molecule has 0 radical (unpaired) electrons. The van der Waals surface area contributed by atoms with Gasteiger partial charge < -0.3 is 14.8 Å². The highest BCUT2D eigenvalue weighted by Crippen LogP contribution is 2.55. The van der Waals surface area contributed by atoms with E-state index in [1.54, 1.807) is 4.90 Å². The molecular weight excluding hydrogens is 444 g/mol. The average molecular weight is 471 g/mol. The molecule has 2 aliphatic heterocycles. The van der Waals surface area contributed by atoms with E-state index >= 15 is 0 Å². The van der Waals surface area contributed by atoms with E-state index in [0.717, 1.165) is 42.6 Å². The Morgan fingerprint density at radius 3 is 2.56 bits per heavy atom. The summed E-state index contributed by atoms with van der Waals surface area (Å²) in [7, 11) is 0. The van der Waals surface area contributed by atoms with Gasteiger partial charge in [-0.15, -0.1) is 0 Å². The second-order valence-corrected chi connectivity index (χ2v) is 11.6. The van der Waals surface area contributed by atoms with E-state index in [-0.39, 0.29) is 30.6 Å². The van der Waals surface area contributed by atoms with Crippen LogP contribution in [0.4, 0.5) is 0 Å². The van der Waals surface area contributed by atoms with Crippen molar-refractivity contribution in [3.8, 4) is 11.5 Å². The zero-order valence-corrected chi connectivity index (χ0v) is 19.4. The first-order chi connectivity index (χ1) is 15.5. The third-order valence-corrected chi connectivity index (χ3v) is 8.95. The van der Waals surface area contributed by atoms with Crippen molar-refractivity contribution in [2.75, 3.05) is 13.3 Å². The number of benzene rings is 1. The summed E-state index contributed by atoms with van der Waals surface area (Å²) in [6.45, 7) is 0.535. The van der Waals surface area contributed by atoms with Crippen LogP contribution in [0.1, 0.15) is 50.5 Å². The Morgan fingerprint density at radius 2 is 1.84 bits per heavy atom. The van der Waals surface area contributed by atoms with Crippen molar-refractivity contribution in [1.82, 2.24) is 10.2 Å². The van der Waals surface area contributed by atoms with Gasteiger partial charge in [0, 0.05) is 18.5 Å². The lowest BCUT2D eigenvalue weighted by Gasteiger charge is -2.57. The van der Waals surface area contributed by atoms with E-state index in [9.17, 15) is 9.59 Å². The molecule has 5 fully saturated rings. The van der Waals surface area contributed by atoms with Crippen LogP contribution in [-0.4, -0.2) is 39.9 Å². The number of hydrogen-bond donors (Lipinski definition) is 1. The number of thiocarbonyl (C=S) groups is 1. The Balaban J connectivity index is 1.08. The molecule has 1 aromatic rings. The first-order valence-corrected chi connectivity index (χ1v) is 12.6. The molecule has 32 heavy (non-hydrogen) atoms. The van der Waals surface area contributed by atoms with Crippen molar-refractivity contribution < 1.29 is 19.1 Å². The van der Waals surface area contributed by atoms with Crippen LogP contribution in [0.15, 0.2) is 23.1 Å². The number of rotatable bonds is 5. The van der Waals surface area contributed by atoms with Crippen molar-refractivity contribution in [2.24, 2.45) is 17.8 Å². The number of nitrogens with zero attached hydrogens (tertiary/aromatic N) is 1. The zero-order chi connectivity index (χ0) is 21.9. The largest absolute Gasteiger partial charge is 0.454 e. The molecule has 0 atom stereocenters. The smallest absolute Gasteiger partial charge is 0.266 e. The lowest BCUT2D eigenvalue weighted by molar-refractivity contribution is -0.127. The van der Waals surface area contributed by atoms with Crippen molar-refractivity contribution in [3.63, 3.8) is 0 Å². The van der Waals surface area contributed by atoms with Gasteiger partial charge in [-0.1, -0.05) is 30.0 Å². The Hall–Kier alpha value is -2.06. The van der Waals surface area contributed by atoms with Crippen molar-refractivity contribution in [3.05, 3.63) is 28.7 Å². The van der Waals surface area contributed by atoms with Gasteiger partial charge in [0.2, 0.25) is 12.7 Å². The number of thioether (sulfide) groups is 1. The molecule has 4 aliphatic carbocycles. The average Bonchev–Trinajstić information content (AvgIpc) is 3.29. The number of carbonyl (C=O) groups is 2. The Morgan fingerprint density at radius 1 is 1.16 bits per heavy atom. The topological polar surface area (TPSA) is 67.9 Å². The van der Waals surface area contributed by atoms with Crippen LogP contribution in [0.25, 0.3) is 6.08 Å². The maximum atomic E-state index is 12.9. The van der Waals surface area contributed by atoms with Crippen molar-refractivity contribution >= 4 is 46.2 Å². The number of carbonyl (C=O) groups excluding carboxylic acids is 2. The number of hydrogen-bond acceptors (Lipinski definition) is 6. The molecule has 0 unspecified atom stereocenters. The Kier molecular flexibility index (Phi) is 4.98. The molecule has 1 aromatic carbocycles. The van der Waals surface area contributed by atoms with E-state index < -0.39 is 0 Å². The first-order valence-electron chi connectivity index (χ1n) is 11.4. The molecule has 1 N–H and O–H groups in total. The van der Waals surface area contributed by atoms with Crippen LogP contribution in [-0.2, 0) is 9.59 Å². The minimum absolute atomic E-state index is 0.000523. The number of ether oxygens (including phenoxy) is 2. The van der Waals surface area contributed by atoms with Gasteiger partial charge in [-0.3, -0.25) is 14.5 Å². The lowest BCUT2D eigenvalue weighted by Crippen LogP contribution is -2.60. The van der Waals surface area contributed by atoms with Crippen LogP contribution >= 0.6 is 24.0 Å². The maximum Gasteiger partial charge on any atom is 0.266 e. The maximum absolute atomic E-state index is 12.9. The fourth-order valence-electron chi connectivity index (χ4n) is 6.68. The van der Waals surface area contributed by atoms with E-state index in [4.69, 9.17) is 21.7 Å². The minimum Gasteiger partial charge on any atom is -0.454 e.